The molecule has 5 heteroatoms. The first-order valence-corrected chi connectivity index (χ1v) is 10.5. The van der Waals surface area contributed by atoms with E-state index in [1.807, 2.05) is 43.3 Å². The summed E-state index contributed by atoms with van der Waals surface area (Å²) < 4.78 is 0. The lowest BCUT2D eigenvalue weighted by molar-refractivity contribution is -0.122. The SMILES string of the molecule is Cc1ccccc1NC(=O)C1CC(=O)N(c2ccc(N3CCC(C)CC3)cc2)C1. The van der Waals surface area contributed by atoms with Crippen LogP contribution < -0.4 is 15.1 Å². The topological polar surface area (TPSA) is 52.7 Å². The maximum absolute atomic E-state index is 12.7. The lowest BCUT2D eigenvalue weighted by Crippen LogP contribution is -2.32. The van der Waals surface area contributed by atoms with Gasteiger partial charge in [-0.2, -0.15) is 0 Å². The van der Waals surface area contributed by atoms with E-state index in [-0.39, 0.29) is 24.2 Å². The van der Waals surface area contributed by atoms with Crippen molar-refractivity contribution in [2.45, 2.75) is 33.1 Å². The first-order chi connectivity index (χ1) is 14.0. The number of aryl methyl sites for hydroxylation is 1. The van der Waals surface area contributed by atoms with Crippen LogP contribution in [0.3, 0.4) is 0 Å². The molecular weight excluding hydrogens is 362 g/mol. The molecule has 0 saturated carbocycles. The Balaban J connectivity index is 1.40. The second kappa shape index (κ2) is 8.27. The van der Waals surface area contributed by atoms with Crippen LogP contribution in [0.1, 0.15) is 31.7 Å². The number of anilines is 3. The summed E-state index contributed by atoms with van der Waals surface area (Å²) in [6, 6.07) is 15.9. The molecule has 2 aliphatic heterocycles. The minimum atomic E-state index is -0.328. The van der Waals surface area contributed by atoms with Crippen LogP contribution in [-0.4, -0.2) is 31.4 Å². The molecule has 5 nitrogen and oxygen atoms in total. The average Bonchev–Trinajstić information content (AvgIpc) is 3.12. The molecule has 0 spiro atoms. The normalized spacial score (nSPS) is 20.2. The number of rotatable bonds is 4. The van der Waals surface area contributed by atoms with Crippen LogP contribution in [0.25, 0.3) is 0 Å². The lowest BCUT2D eigenvalue weighted by Gasteiger charge is -2.32. The molecule has 2 saturated heterocycles. The highest BCUT2D eigenvalue weighted by atomic mass is 16.2. The number of piperidine rings is 1. The summed E-state index contributed by atoms with van der Waals surface area (Å²) in [5, 5.41) is 2.98. The smallest absolute Gasteiger partial charge is 0.229 e. The largest absolute Gasteiger partial charge is 0.372 e. The van der Waals surface area contributed by atoms with Crippen LogP contribution in [0, 0.1) is 18.8 Å². The van der Waals surface area contributed by atoms with Crippen molar-refractivity contribution < 1.29 is 9.59 Å². The van der Waals surface area contributed by atoms with E-state index in [1.165, 1.54) is 18.5 Å². The van der Waals surface area contributed by atoms with Crippen LogP contribution in [0.4, 0.5) is 17.1 Å². The minimum absolute atomic E-state index is 0.00878. The van der Waals surface area contributed by atoms with Crippen molar-refractivity contribution >= 4 is 28.9 Å². The standard InChI is InChI=1S/C24H29N3O2/c1-17-11-13-26(14-12-17)20-7-9-21(10-8-20)27-16-19(15-23(27)28)24(29)25-22-6-4-3-5-18(22)2/h3-10,17,19H,11-16H2,1-2H3,(H,25,29). The summed E-state index contributed by atoms with van der Waals surface area (Å²) in [7, 11) is 0. The summed E-state index contributed by atoms with van der Waals surface area (Å²) in [6.07, 6.45) is 2.71. The number of carbonyl (C=O) groups is 2. The molecular formula is C24H29N3O2. The van der Waals surface area contributed by atoms with Gasteiger partial charge in [0.1, 0.15) is 0 Å². The molecule has 0 radical (unpaired) electrons. The van der Waals surface area contributed by atoms with Gasteiger partial charge in [0.15, 0.2) is 0 Å². The highest BCUT2D eigenvalue weighted by Gasteiger charge is 2.35. The second-order valence-corrected chi connectivity index (χ2v) is 8.40. The fourth-order valence-corrected chi connectivity index (χ4v) is 4.19. The van der Waals surface area contributed by atoms with Crippen LogP contribution >= 0.6 is 0 Å². The van der Waals surface area contributed by atoms with Crippen molar-refractivity contribution in [2.75, 3.05) is 34.8 Å². The monoisotopic (exact) mass is 391 g/mol. The first-order valence-electron chi connectivity index (χ1n) is 10.5. The zero-order chi connectivity index (χ0) is 20.4. The highest BCUT2D eigenvalue weighted by molar-refractivity contribution is 6.03. The fraction of sp³-hybridized carbons (Fsp3) is 0.417. The molecule has 2 heterocycles. The van der Waals surface area contributed by atoms with Crippen molar-refractivity contribution in [3.63, 3.8) is 0 Å². The average molecular weight is 392 g/mol. The molecule has 29 heavy (non-hydrogen) atoms. The van der Waals surface area contributed by atoms with E-state index in [9.17, 15) is 9.59 Å². The van der Waals surface area contributed by atoms with E-state index in [1.54, 1.807) is 4.90 Å². The van der Waals surface area contributed by atoms with Gasteiger partial charge in [-0.05, 0) is 61.6 Å². The van der Waals surface area contributed by atoms with Crippen LogP contribution in [-0.2, 0) is 9.59 Å². The number of nitrogens with one attached hydrogen (secondary N) is 1. The van der Waals surface area contributed by atoms with Crippen LogP contribution in [0.15, 0.2) is 48.5 Å². The summed E-state index contributed by atoms with van der Waals surface area (Å²) in [6.45, 7) is 6.88. The molecule has 1 unspecified atom stereocenters. The maximum atomic E-state index is 12.7. The molecule has 1 atom stereocenters. The van der Waals surface area contributed by atoms with Gasteiger partial charge in [-0.3, -0.25) is 9.59 Å². The minimum Gasteiger partial charge on any atom is -0.372 e. The Morgan fingerprint density at radius 2 is 1.66 bits per heavy atom. The van der Waals surface area contributed by atoms with Gasteiger partial charge in [0.05, 0.1) is 5.92 Å². The van der Waals surface area contributed by atoms with Gasteiger partial charge in [-0.15, -0.1) is 0 Å². The fourth-order valence-electron chi connectivity index (χ4n) is 4.19. The van der Waals surface area contributed by atoms with E-state index < -0.39 is 0 Å². The van der Waals surface area contributed by atoms with E-state index in [0.717, 1.165) is 35.9 Å². The van der Waals surface area contributed by atoms with Crippen molar-refractivity contribution in [3.05, 3.63) is 54.1 Å². The number of hydrogen-bond acceptors (Lipinski definition) is 3. The molecule has 152 valence electrons. The van der Waals surface area contributed by atoms with Gasteiger partial charge in [0, 0.05) is 43.1 Å². The van der Waals surface area contributed by atoms with Gasteiger partial charge in [-0.1, -0.05) is 25.1 Å². The number of para-hydroxylation sites is 1. The molecule has 0 bridgehead atoms. The summed E-state index contributed by atoms with van der Waals surface area (Å²) in [5.41, 5.74) is 3.91. The van der Waals surface area contributed by atoms with E-state index in [2.05, 4.69) is 29.3 Å². The van der Waals surface area contributed by atoms with Gasteiger partial charge in [0.2, 0.25) is 11.8 Å². The lowest BCUT2D eigenvalue weighted by atomic mass is 9.99. The molecule has 2 amide bonds. The Bertz CT molecular complexity index is 885. The number of hydrogen-bond donors (Lipinski definition) is 1. The Morgan fingerprint density at radius 1 is 1.00 bits per heavy atom. The molecule has 0 aliphatic carbocycles. The van der Waals surface area contributed by atoms with Gasteiger partial charge in [0.25, 0.3) is 0 Å². The Kier molecular flexibility index (Phi) is 5.56. The summed E-state index contributed by atoms with van der Waals surface area (Å²) in [5.74, 6) is 0.393. The molecule has 1 N–H and O–H groups in total. The predicted octanol–water partition coefficient (Wildman–Crippen LogP) is 4.22. The number of amides is 2. The number of carbonyl (C=O) groups excluding carboxylic acids is 2. The number of benzene rings is 2. The zero-order valence-corrected chi connectivity index (χ0v) is 17.2. The van der Waals surface area contributed by atoms with Crippen molar-refractivity contribution in [1.82, 2.24) is 0 Å². The third kappa shape index (κ3) is 4.29. The Morgan fingerprint density at radius 3 is 2.34 bits per heavy atom. The Labute approximate surface area is 172 Å². The summed E-state index contributed by atoms with van der Waals surface area (Å²) >= 11 is 0. The Hall–Kier alpha value is -2.82. The van der Waals surface area contributed by atoms with Gasteiger partial charge >= 0.3 is 0 Å². The van der Waals surface area contributed by atoms with E-state index in [0.29, 0.717) is 6.54 Å². The van der Waals surface area contributed by atoms with Crippen molar-refractivity contribution in [2.24, 2.45) is 11.8 Å². The quantitative estimate of drug-likeness (QED) is 0.849. The van der Waals surface area contributed by atoms with E-state index in [4.69, 9.17) is 0 Å². The molecule has 2 aromatic carbocycles. The van der Waals surface area contributed by atoms with Crippen LogP contribution in [0.5, 0.6) is 0 Å². The predicted molar refractivity (Wildman–Crippen MR) is 117 cm³/mol. The molecule has 2 fully saturated rings. The third-order valence-electron chi connectivity index (χ3n) is 6.21. The first kappa shape index (κ1) is 19.5. The molecule has 0 aromatic heterocycles. The third-order valence-corrected chi connectivity index (χ3v) is 6.21. The maximum Gasteiger partial charge on any atom is 0.229 e. The zero-order valence-electron chi connectivity index (χ0n) is 17.2. The number of nitrogens with zero attached hydrogens (tertiary/aromatic N) is 2. The molecule has 4 rings (SSSR count). The van der Waals surface area contributed by atoms with E-state index >= 15 is 0 Å². The summed E-state index contributed by atoms with van der Waals surface area (Å²) in [4.78, 5) is 29.4. The molecule has 2 aliphatic rings. The van der Waals surface area contributed by atoms with Crippen molar-refractivity contribution in [1.29, 1.82) is 0 Å². The molecule has 2 aromatic rings. The van der Waals surface area contributed by atoms with Gasteiger partial charge in [-0.25, -0.2) is 0 Å². The second-order valence-electron chi connectivity index (χ2n) is 8.40. The van der Waals surface area contributed by atoms with Crippen LogP contribution in [0.2, 0.25) is 0 Å². The highest BCUT2D eigenvalue weighted by Crippen LogP contribution is 2.29. The van der Waals surface area contributed by atoms with Gasteiger partial charge < -0.3 is 15.1 Å². The van der Waals surface area contributed by atoms with Crippen molar-refractivity contribution in [3.8, 4) is 0 Å².